The van der Waals surface area contributed by atoms with E-state index in [0.29, 0.717) is 6.61 Å². The van der Waals surface area contributed by atoms with Crippen LogP contribution in [0.25, 0.3) is 0 Å². The molecule has 1 N–H and O–H groups in total. The highest BCUT2D eigenvalue weighted by Crippen LogP contribution is 2.26. The van der Waals surface area contributed by atoms with Crippen molar-refractivity contribution < 1.29 is 18.3 Å². The van der Waals surface area contributed by atoms with Gasteiger partial charge in [-0.15, -0.1) is 0 Å². The Labute approximate surface area is 121 Å². The predicted molar refractivity (Wildman–Crippen MR) is 76.5 cm³/mol. The van der Waals surface area contributed by atoms with Crippen LogP contribution in [-0.4, -0.2) is 67.1 Å². The number of rotatable bonds is 4. The third kappa shape index (κ3) is 3.33. The van der Waals surface area contributed by atoms with Crippen LogP contribution in [0, 0.1) is 0 Å². The van der Waals surface area contributed by atoms with E-state index in [9.17, 15) is 13.5 Å². The second kappa shape index (κ2) is 6.70. The zero-order chi connectivity index (χ0) is 14.8. The summed E-state index contributed by atoms with van der Waals surface area (Å²) in [7, 11) is -1.80. The molecule has 0 spiro atoms. The van der Waals surface area contributed by atoms with Crippen LogP contribution in [-0.2, 0) is 14.9 Å². The largest absolute Gasteiger partial charge is 0.394 e. The van der Waals surface area contributed by atoms with Gasteiger partial charge in [-0.2, -0.15) is 17.0 Å². The zero-order valence-electron chi connectivity index (χ0n) is 12.4. The van der Waals surface area contributed by atoms with Crippen molar-refractivity contribution in [2.45, 2.75) is 57.2 Å². The minimum atomic E-state index is -3.48. The summed E-state index contributed by atoms with van der Waals surface area (Å²) in [5, 5.41) is 9.19. The molecule has 6 nitrogen and oxygen atoms in total. The molecule has 1 aliphatic carbocycles. The van der Waals surface area contributed by atoms with Crippen LogP contribution in [0.15, 0.2) is 0 Å². The van der Waals surface area contributed by atoms with Crippen molar-refractivity contribution in [2.75, 3.05) is 26.8 Å². The molecule has 0 amide bonds. The molecular formula is C13H26N2O4S. The van der Waals surface area contributed by atoms with Crippen molar-refractivity contribution in [3.63, 3.8) is 0 Å². The first-order valence-corrected chi connectivity index (χ1v) is 8.83. The maximum Gasteiger partial charge on any atom is 0.282 e. The molecule has 0 aromatic heterocycles. The lowest BCUT2D eigenvalue weighted by Gasteiger charge is -2.40. The molecule has 0 aromatic rings. The van der Waals surface area contributed by atoms with Gasteiger partial charge in [0.05, 0.1) is 19.3 Å². The molecule has 1 aliphatic heterocycles. The first-order chi connectivity index (χ1) is 9.46. The van der Waals surface area contributed by atoms with Crippen LogP contribution < -0.4 is 0 Å². The van der Waals surface area contributed by atoms with E-state index >= 15 is 0 Å². The standard InChI is InChI=1S/C13H26N2O4S/c1-11-10-19-13(9-16)8-15(11)20(17,18)14(2)12-6-4-3-5-7-12/h11-13,16H,3-10H2,1-2H3. The Hall–Kier alpha value is -0.210. The SMILES string of the molecule is CC1COC(CO)CN1S(=O)(=O)N(C)C1CCCCC1. The highest BCUT2D eigenvalue weighted by molar-refractivity contribution is 7.86. The van der Waals surface area contributed by atoms with Gasteiger partial charge in [-0.05, 0) is 19.8 Å². The number of morpholine rings is 1. The van der Waals surface area contributed by atoms with Crippen LogP contribution in [0.1, 0.15) is 39.0 Å². The van der Waals surface area contributed by atoms with Gasteiger partial charge >= 0.3 is 0 Å². The highest BCUT2D eigenvalue weighted by Gasteiger charge is 2.39. The molecule has 0 aromatic carbocycles. The van der Waals surface area contributed by atoms with Crippen LogP contribution >= 0.6 is 0 Å². The fourth-order valence-electron chi connectivity index (χ4n) is 3.02. The van der Waals surface area contributed by atoms with Gasteiger partial charge in [0.25, 0.3) is 10.2 Å². The summed E-state index contributed by atoms with van der Waals surface area (Å²) in [6.45, 7) is 2.27. The van der Waals surface area contributed by atoms with E-state index < -0.39 is 16.3 Å². The summed E-state index contributed by atoms with van der Waals surface area (Å²) in [5.74, 6) is 0. The van der Waals surface area contributed by atoms with Gasteiger partial charge in [0.1, 0.15) is 0 Å². The van der Waals surface area contributed by atoms with Crippen LogP contribution in [0.2, 0.25) is 0 Å². The first-order valence-electron chi connectivity index (χ1n) is 7.44. The summed E-state index contributed by atoms with van der Waals surface area (Å²) in [6, 6.07) is -0.0785. The van der Waals surface area contributed by atoms with E-state index in [1.165, 1.54) is 15.0 Å². The second-order valence-electron chi connectivity index (χ2n) is 5.87. The van der Waals surface area contributed by atoms with E-state index in [-0.39, 0.29) is 25.2 Å². The molecule has 2 unspecified atom stereocenters. The topological polar surface area (TPSA) is 70.1 Å². The molecule has 2 atom stereocenters. The maximum absolute atomic E-state index is 12.8. The summed E-state index contributed by atoms with van der Waals surface area (Å²) in [4.78, 5) is 0. The molecular weight excluding hydrogens is 280 g/mol. The summed E-state index contributed by atoms with van der Waals surface area (Å²) < 4.78 is 34.0. The second-order valence-corrected chi connectivity index (χ2v) is 7.81. The van der Waals surface area contributed by atoms with E-state index in [1.807, 2.05) is 6.92 Å². The average molecular weight is 306 g/mol. The lowest BCUT2D eigenvalue weighted by atomic mass is 9.96. The maximum atomic E-state index is 12.8. The average Bonchev–Trinajstić information content (AvgIpc) is 2.47. The summed E-state index contributed by atoms with van der Waals surface area (Å²) >= 11 is 0. The van der Waals surface area contributed by atoms with Crippen LogP contribution in [0.5, 0.6) is 0 Å². The molecule has 20 heavy (non-hydrogen) atoms. The highest BCUT2D eigenvalue weighted by atomic mass is 32.2. The molecule has 0 bridgehead atoms. The Balaban J connectivity index is 2.10. The van der Waals surface area contributed by atoms with Crippen LogP contribution in [0.4, 0.5) is 0 Å². The van der Waals surface area contributed by atoms with Crippen molar-refractivity contribution in [2.24, 2.45) is 0 Å². The fraction of sp³-hybridized carbons (Fsp3) is 1.00. The van der Waals surface area contributed by atoms with E-state index in [1.54, 1.807) is 7.05 Å². The van der Waals surface area contributed by atoms with E-state index in [2.05, 4.69) is 0 Å². The van der Waals surface area contributed by atoms with Gasteiger partial charge in [0.2, 0.25) is 0 Å². The summed E-state index contributed by atoms with van der Waals surface area (Å²) in [6.07, 6.45) is 4.87. The third-order valence-corrected chi connectivity index (χ3v) is 6.53. The smallest absolute Gasteiger partial charge is 0.282 e. The number of hydrogen-bond donors (Lipinski definition) is 1. The number of ether oxygens (including phenoxy) is 1. The minimum absolute atomic E-state index is 0.108. The van der Waals surface area contributed by atoms with Gasteiger partial charge in [0.15, 0.2) is 0 Å². The van der Waals surface area contributed by atoms with Crippen LogP contribution in [0.3, 0.4) is 0 Å². The fourth-order valence-corrected chi connectivity index (χ4v) is 4.81. The van der Waals surface area contributed by atoms with Crippen molar-refractivity contribution in [3.05, 3.63) is 0 Å². The zero-order valence-corrected chi connectivity index (χ0v) is 13.2. The Morgan fingerprint density at radius 2 is 1.95 bits per heavy atom. The monoisotopic (exact) mass is 306 g/mol. The third-order valence-electron chi connectivity index (χ3n) is 4.40. The number of aliphatic hydroxyl groups is 1. The normalized spacial score (nSPS) is 30.8. The molecule has 2 rings (SSSR count). The first kappa shape index (κ1) is 16.2. The van der Waals surface area contributed by atoms with Crippen molar-refractivity contribution in [1.29, 1.82) is 0 Å². The molecule has 0 radical (unpaired) electrons. The lowest BCUT2D eigenvalue weighted by molar-refractivity contribution is -0.0532. The van der Waals surface area contributed by atoms with Crippen molar-refractivity contribution >= 4 is 10.2 Å². The summed E-state index contributed by atoms with van der Waals surface area (Å²) in [5.41, 5.74) is 0. The molecule has 1 heterocycles. The number of hydrogen-bond acceptors (Lipinski definition) is 4. The molecule has 2 fully saturated rings. The lowest BCUT2D eigenvalue weighted by Crippen LogP contribution is -2.57. The van der Waals surface area contributed by atoms with Gasteiger partial charge in [-0.1, -0.05) is 19.3 Å². The molecule has 2 aliphatic rings. The van der Waals surface area contributed by atoms with E-state index in [0.717, 1.165) is 25.7 Å². The molecule has 7 heteroatoms. The predicted octanol–water partition coefficient (Wildman–Crippen LogP) is 0.577. The number of aliphatic hydroxyl groups excluding tert-OH is 1. The Bertz CT molecular complexity index is 409. The van der Waals surface area contributed by atoms with Crippen molar-refractivity contribution in [3.8, 4) is 0 Å². The van der Waals surface area contributed by atoms with Gasteiger partial charge in [-0.25, -0.2) is 0 Å². The Kier molecular flexibility index (Phi) is 5.42. The molecule has 1 saturated heterocycles. The number of nitrogens with zero attached hydrogens (tertiary/aromatic N) is 2. The molecule has 1 saturated carbocycles. The van der Waals surface area contributed by atoms with Gasteiger partial charge in [-0.3, -0.25) is 0 Å². The van der Waals surface area contributed by atoms with Crippen molar-refractivity contribution in [1.82, 2.24) is 8.61 Å². The van der Waals surface area contributed by atoms with Gasteiger partial charge in [0, 0.05) is 25.7 Å². The van der Waals surface area contributed by atoms with E-state index in [4.69, 9.17) is 4.74 Å². The Morgan fingerprint density at radius 1 is 1.30 bits per heavy atom. The van der Waals surface area contributed by atoms with Gasteiger partial charge < -0.3 is 9.84 Å². The molecule has 118 valence electrons. The minimum Gasteiger partial charge on any atom is -0.394 e. The quantitative estimate of drug-likeness (QED) is 0.825. The Morgan fingerprint density at radius 3 is 2.55 bits per heavy atom.